The van der Waals surface area contributed by atoms with E-state index in [4.69, 9.17) is 0 Å². The normalized spacial score (nSPS) is 13.8. The Balaban J connectivity index is 0.00000161. The van der Waals surface area contributed by atoms with E-state index in [1.807, 2.05) is 25.2 Å². The molecule has 112 valence electrons. The average Bonchev–Trinajstić information content (AvgIpc) is 3.10. The quantitative estimate of drug-likeness (QED) is 0.756. The summed E-state index contributed by atoms with van der Waals surface area (Å²) < 4.78 is 2.17. The standard InChI is InChI=1S/C16H18N2OS.ClH/c1-17-11-14(19)16(15-7-4-10-20-15)18-9-8-12-5-2-3-6-13(12)18;/h2-10,14,16-17,19H,11H2,1H3;1H/t14-,16+;/m1./s1. The summed E-state index contributed by atoms with van der Waals surface area (Å²) >= 11 is 1.68. The number of thiophene rings is 1. The van der Waals surface area contributed by atoms with Crippen LogP contribution < -0.4 is 5.32 Å². The highest BCUT2D eigenvalue weighted by Crippen LogP contribution is 2.30. The van der Waals surface area contributed by atoms with Gasteiger partial charge in [0.2, 0.25) is 0 Å². The van der Waals surface area contributed by atoms with Crippen LogP contribution in [-0.2, 0) is 0 Å². The SMILES string of the molecule is CNC[C@@H](O)[C@@H](c1cccs1)n1ccc2ccccc21.Cl. The van der Waals surface area contributed by atoms with E-state index in [1.165, 1.54) is 10.3 Å². The first kappa shape index (κ1) is 16.0. The number of fused-ring (bicyclic) bond motifs is 1. The summed E-state index contributed by atoms with van der Waals surface area (Å²) in [6.07, 6.45) is 1.60. The van der Waals surface area contributed by atoms with E-state index >= 15 is 0 Å². The van der Waals surface area contributed by atoms with Gasteiger partial charge in [-0.3, -0.25) is 0 Å². The summed E-state index contributed by atoms with van der Waals surface area (Å²) in [5, 5.41) is 16.9. The molecule has 0 radical (unpaired) electrons. The van der Waals surface area contributed by atoms with Gasteiger partial charge in [0.1, 0.15) is 0 Å². The maximum absolute atomic E-state index is 10.5. The average molecular weight is 323 g/mol. The Bertz CT molecular complexity index is 680. The lowest BCUT2D eigenvalue weighted by molar-refractivity contribution is 0.134. The number of hydrogen-bond acceptors (Lipinski definition) is 3. The van der Waals surface area contributed by atoms with E-state index in [9.17, 15) is 5.11 Å². The molecule has 0 saturated carbocycles. The van der Waals surface area contributed by atoms with Gasteiger partial charge in [0, 0.05) is 23.1 Å². The van der Waals surface area contributed by atoms with Gasteiger partial charge in [0.15, 0.2) is 0 Å². The molecule has 3 aromatic rings. The van der Waals surface area contributed by atoms with Gasteiger partial charge in [-0.15, -0.1) is 23.7 Å². The zero-order valence-electron chi connectivity index (χ0n) is 11.8. The van der Waals surface area contributed by atoms with Crippen molar-refractivity contribution in [3.63, 3.8) is 0 Å². The fourth-order valence-corrected chi connectivity index (χ4v) is 3.52. The van der Waals surface area contributed by atoms with Gasteiger partial charge < -0.3 is 15.0 Å². The minimum atomic E-state index is -0.463. The Morgan fingerprint density at radius 2 is 2.00 bits per heavy atom. The van der Waals surface area contributed by atoms with Gasteiger partial charge in [-0.2, -0.15) is 0 Å². The van der Waals surface area contributed by atoms with Crippen molar-refractivity contribution in [2.45, 2.75) is 12.1 Å². The number of rotatable bonds is 5. The predicted molar refractivity (Wildman–Crippen MR) is 91.6 cm³/mol. The molecule has 0 saturated heterocycles. The first-order chi connectivity index (χ1) is 9.81. The first-order valence-electron chi connectivity index (χ1n) is 6.73. The topological polar surface area (TPSA) is 37.2 Å². The molecule has 2 N–H and O–H groups in total. The molecule has 3 rings (SSSR count). The first-order valence-corrected chi connectivity index (χ1v) is 7.61. The van der Waals surface area contributed by atoms with Gasteiger partial charge in [-0.25, -0.2) is 0 Å². The fraction of sp³-hybridized carbons (Fsp3) is 0.250. The predicted octanol–water partition coefficient (Wildman–Crippen LogP) is 3.29. The minimum Gasteiger partial charge on any atom is -0.389 e. The van der Waals surface area contributed by atoms with Gasteiger partial charge in [0.25, 0.3) is 0 Å². The number of likely N-dealkylation sites (N-methyl/N-ethyl adjacent to an activating group) is 1. The number of aliphatic hydroxyl groups excluding tert-OH is 1. The second kappa shape index (κ2) is 7.09. The van der Waals surface area contributed by atoms with Crippen LogP contribution in [0.4, 0.5) is 0 Å². The van der Waals surface area contributed by atoms with Crippen LogP contribution in [0.3, 0.4) is 0 Å². The fourth-order valence-electron chi connectivity index (χ4n) is 2.64. The number of para-hydroxylation sites is 1. The number of hydrogen-bond donors (Lipinski definition) is 2. The Morgan fingerprint density at radius 1 is 1.19 bits per heavy atom. The molecule has 2 atom stereocenters. The van der Waals surface area contributed by atoms with Crippen molar-refractivity contribution in [3.05, 3.63) is 58.9 Å². The summed E-state index contributed by atoms with van der Waals surface area (Å²) in [5.74, 6) is 0. The van der Waals surface area contributed by atoms with Crippen LogP contribution in [0.1, 0.15) is 10.9 Å². The van der Waals surface area contributed by atoms with Crippen LogP contribution in [0.2, 0.25) is 0 Å². The maximum atomic E-state index is 10.5. The lowest BCUT2D eigenvalue weighted by Gasteiger charge is -2.24. The van der Waals surface area contributed by atoms with Crippen molar-refractivity contribution < 1.29 is 5.11 Å². The van der Waals surface area contributed by atoms with Crippen LogP contribution in [0.25, 0.3) is 10.9 Å². The summed E-state index contributed by atoms with van der Waals surface area (Å²) in [6, 6.07) is 14.4. The molecule has 1 aromatic carbocycles. The lowest BCUT2D eigenvalue weighted by atomic mass is 10.1. The molecule has 21 heavy (non-hydrogen) atoms. The van der Waals surface area contributed by atoms with E-state index < -0.39 is 6.10 Å². The number of halogens is 1. The van der Waals surface area contributed by atoms with Crippen molar-refractivity contribution in [2.75, 3.05) is 13.6 Å². The highest BCUT2D eigenvalue weighted by molar-refractivity contribution is 7.10. The Labute approximate surface area is 134 Å². The van der Waals surface area contributed by atoms with Crippen molar-refractivity contribution in [2.24, 2.45) is 0 Å². The summed E-state index contributed by atoms with van der Waals surface area (Å²) in [7, 11) is 1.86. The monoisotopic (exact) mass is 322 g/mol. The number of benzene rings is 1. The minimum absolute atomic E-state index is 0. The van der Waals surface area contributed by atoms with Gasteiger partial charge in [-0.05, 0) is 36.0 Å². The van der Waals surface area contributed by atoms with Gasteiger partial charge in [0.05, 0.1) is 12.1 Å². The molecule has 0 spiro atoms. The molecular weight excluding hydrogens is 304 g/mol. The molecule has 0 aliphatic rings. The third kappa shape index (κ3) is 3.14. The van der Waals surface area contributed by atoms with Crippen LogP contribution in [-0.4, -0.2) is 29.4 Å². The lowest BCUT2D eigenvalue weighted by Crippen LogP contribution is -2.32. The summed E-state index contributed by atoms with van der Waals surface area (Å²) in [6.45, 7) is 0.565. The van der Waals surface area contributed by atoms with Crippen molar-refractivity contribution in [1.82, 2.24) is 9.88 Å². The molecule has 5 heteroatoms. The number of aliphatic hydroxyl groups is 1. The molecule has 3 nitrogen and oxygen atoms in total. The molecule has 0 amide bonds. The molecular formula is C16H19ClN2OS. The number of nitrogens with one attached hydrogen (secondary N) is 1. The summed E-state index contributed by atoms with van der Waals surface area (Å²) in [4.78, 5) is 1.18. The molecule has 2 aromatic heterocycles. The van der Waals surface area contributed by atoms with Crippen molar-refractivity contribution in [3.8, 4) is 0 Å². The zero-order valence-corrected chi connectivity index (χ0v) is 13.4. The molecule has 0 unspecified atom stereocenters. The number of nitrogens with zero attached hydrogens (tertiary/aromatic N) is 1. The van der Waals surface area contributed by atoms with E-state index in [0.717, 1.165) is 5.52 Å². The highest BCUT2D eigenvalue weighted by atomic mass is 35.5. The maximum Gasteiger partial charge on any atom is 0.0949 e. The molecule has 0 aliphatic carbocycles. The van der Waals surface area contributed by atoms with E-state index in [0.29, 0.717) is 6.54 Å². The third-order valence-electron chi connectivity index (χ3n) is 3.54. The van der Waals surface area contributed by atoms with Gasteiger partial charge >= 0.3 is 0 Å². The Morgan fingerprint density at radius 3 is 2.71 bits per heavy atom. The number of aromatic nitrogens is 1. The van der Waals surface area contributed by atoms with Crippen LogP contribution in [0.15, 0.2) is 54.0 Å². The van der Waals surface area contributed by atoms with Crippen LogP contribution >= 0.6 is 23.7 Å². The molecule has 0 bridgehead atoms. The van der Waals surface area contributed by atoms with Crippen molar-refractivity contribution >= 4 is 34.6 Å². The van der Waals surface area contributed by atoms with E-state index in [2.05, 4.69) is 45.7 Å². The van der Waals surface area contributed by atoms with Crippen molar-refractivity contribution in [1.29, 1.82) is 0 Å². The molecule has 0 aliphatic heterocycles. The zero-order chi connectivity index (χ0) is 13.9. The molecule has 0 fully saturated rings. The smallest absolute Gasteiger partial charge is 0.0949 e. The van der Waals surface area contributed by atoms with Crippen LogP contribution in [0, 0.1) is 0 Å². The van der Waals surface area contributed by atoms with E-state index in [1.54, 1.807) is 11.3 Å². The van der Waals surface area contributed by atoms with Gasteiger partial charge in [-0.1, -0.05) is 24.3 Å². The third-order valence-corrected chi connectivity index (χ3v) is 4.48. The second-order valence-electron chi connectivity index (χ2n) is 4.87. The Hall–Kier alpha value is -1.33. The Kier molecular flexibility index (Phi) is 5.42. The summed E-state index contributed by atoms with van der Waals surface area (Å²) in [5.41, 5.74) is 1.15. The largest absolute Gasteiger partial charge is 0.389 e. The van der Waals surface area contributed by atoms with E-state index in [-0.39, 0.29) is 18.4 Å². The van der Waals surface area contributed by atoms with Crippen LogP contribution in [0.5, 0.6) is 0 Å². The highest BCUT2D eigenvalue weighted by Gasteiger charge is 2.24. The second-order valence-corrected chi connectivity index (χ2v) is 5.85. The molecule has 2 heterocycles.